The third kappa shape index (κ3) is 6.41. The molecule has 3 heterocycles. The van der Waals surface area contributed by atoms with E-state index in [4.69, 9.17) is 0 Å². The largest absolute Gasteiger partial charge is 0.353 e. The molecule has 9 heteroatoms. The molecule has 40 heavy (non-hydrogen) atoms. The van der Waals surface area contributed by atoms with Crippen LogP contribution in [0.4, 0.5) is 5.69 Å². The zero-order chi connectivity index (χ0) is 28.2. The Labute approximate surface area is 240 Å². The highest BCUT2D eigenvalue weighted by atomic mass is 32.1. The number of hydrogen-bond acceptors (Lipinski definition) is 5. The Morgan fingerprint density at radius 3 is 2.40 bits per heavy atom. The molecule has 1 aromatic carbocycles. The fraction of sp³-hybridized carbons (Fsp3) is 0.516. The van der Waals surface area contributed by atoms with Crippen molar-refractivity contribution in [2.75, 3.05) is 31.6 Å². The summed E-state index contributed by atoms with van der Waals surface area (Å²) in [4.78, 5) is 43.9. The van der Waals surface area contributed by atoms with Crippen molar-refractivity contribution in [3.8, 4) is 0 Å². The number of benzene rings is 1. The summed E-state index contributed by atoms with van der Waals surface area (Å²) < 4.78 is 2.84. The van der Waals surface area contributed by atoms with Gasteiger partial charge in [-0.25, -0.2) is 0 Å². The molecule has 8 nitrogen and oxygen atoms in total. The molecule has 1 saturated heterocycles. The first-order valence-corrected chi connectivity index (χ1v) is 15.4. The summed E-state index contributed by atoms with van der Waals surface area (Å²) in [5.74, 6) is -0.0293. The Kier molecular flexibility index (Phi) is 8.90. The van der Waals surface area contributed by atoms with Gasteiger partial charge in [-0.05, 0) is 108 Å². The highest BCUT2D eigenvalue weighted by molar-refractivity contribution is 7.17. The number of piperidine rings is 1. The molecule has 2 fully saturated rings. The number of likely N-dealkylation sites (N-methyl/N-ethyl adjacent to an activating group) is 1. The number of carbonyl (C=O) groups is 3. The van der Waals surface area contributed by atoms with Gasteiger partial charge in [0.25, 0.3) is 5.91 Å². The van der Waals surface area contributed by atoms with Gasteiger partial charge < -0.3 is 25.0 Å². The van der Waals surface area contributed by atoms with Gasteiger partial charge in [0.15, 0.2) is 0 Å². The van der Waals surface area contributed by atoms with Crippen molar-refractivity contribution in [3.63, 3.8) is 0 Å². The Morgan fingerprint density at radius 1 is 0.975 bits per heavy atom. The molecule has 0 bridgehead atoms. The van der Waals surface area contributed by atoms with Crippen molar-refractivity contribution >= 4 is 45.0 Å². The van der Waals surface area contributed by atoms with Gasteiger partial charge in [0.1, 0.15) is 12.2 Å². The molecule has 5 rings (SSSR count). The lowest BCUT2D eigenvalue weighted by molar-refractivity contribution is -0.127. The number of nitrogens with zero attached hydrogens (tertiary/aromatic N) is 3. The van der Waals surface area contributed by atoms with Gasteiger partial charge >= 0.3 is 0 Å². The lowest BCUT2D eigenvalue weighted by Gasteiger charge is -2.32. The van der Waals surface area contributed by atoms with E-state index in [9.17, 15) is 14.4 Å². The van der Waals surface area contributed by atoms with Crippen molar-refractivity contribution in [2.45, 2.75) is 71.0 Å². The summed E-state index contributed by atoms with van der Waals surface area (Å²) >= 11 is 1.57. The van der Waals surface area contributed by atoms with Gasteiger partial charge in [-0.3, -0.25) is 14.4 Å². The SMILES string of the molecule is CCN(C(=O)Cn1c(C(=O)N[C@H]2CC[C@H](C(=O)NC3CCN(C)CC3)CC2)cc2sccc21)c1cccc(C)c1. The Morgan fingerprint density at radius 2 is 1.70 bits per heavy atom. The van der Waals surface area contributed by atoms with Crippen molar-refractivity contribution in [1.29, 1.82) is 0 Å². The molecule has 1 aliphatic heterocycles. The van der Waals surface area contributed by atoms with Gasteiger partial charge in [-0.2, -0.15) is 0 Å². The van der Waals surface area contributed by atoms with Crippen LogP contribution in [0.3, 0.4) is 0 Å². The van der Waals surface area contributed by atoms with Gasteiger partial charge in [0, 0.05) is 30.2 Å². The van der Waals surface area contributed by atoms with E-state index in [1.165, 1.54) is 0 Å². The third-order valence-electron chi connectivity index (χ3n) is 8.48. The van der Waals surface area contributed by atoms with Gasteiger partial charge in [-0.1, -0.05) is 12.1 Å². The fourth-order valence-electron chi connectivity index (χ4n) is 6.09. The first kappa shape index (κ1) is 28.4. The molecule has 0 radical (unpaired) electrons. The molecule has 3 amide bonds. The van der Waals surface area contributed by atoms with E-state index in [0.29, 0.717) is 12.2 Å². The minimum atomic E-state index is -0.158. The van der Waals surface area contributed by atoms with Crippen LogP contribution in [0.1, 0.15) is 61.5 Å². The summed E-state index contributed by atoms with van der Waals surface area (Å²) in [5.41, 5.74) is 3.37. The number of thiophene rings is 1. The predicted octanol–water partition coefficient (Wildman–Crippen LogP) is 4.56. The minimum absolute atomic E-state index is 0.0151. The molecule has 0 unspecified atom stereocenters. The van der Waals surface area contributed by atoms with Gasteiger partial charge in [0.05, 0.1) is 10.2 Å². The van der Waals surface area contributed by atoms with Crippen LogP contribution in [-0.2, 0) is 16.1 Å². The highest BCUT2D eigenvalue weighted by Gasteiger charge is 2.30. The second kappa shape index (κ2) is 12.6. The van der Waals surface area contributed by atoms with Crippen molar-refractivity contribution in [2.24, 2.45) is 5.92 Å². The van der Waals surface area contributed by atoms with Crippen LogP contribution in [-0.4, -0.2) is 66.0 Å². The number of amides is 3. The van der Waals surface area contributed by atoms with Gasteiger partial charge in [-0.15, -0.1) is 11.3 Å². The molecule has 0 spiro atoms. The molecule has 0 atom stereocenters. The van der Waals surface area contributed by atoms with E-state index in [1.807, 2.05) is 60.2 Å². The monoisotopic (exact) mass is 563 g/mol. The first-order chi connectivity index (χ1) is 19.3. The smallest absolute Gasteiger partial charge is 0.268 e. The van der Waals surface area contributed by atoms with Crippen LogP contribution in [0.15, 0.2) is 41.8 Å². The number of aryl methyl sites for hydroxylation is 1. The van der Waals surface area contributed by atoms with Crippen molar-refractivity contribution < 1.29 is 14.4 Å². The van der Waals surface area contributed by atoms with Crippen LogP contribution in [0.5, 0.6) is 0 Å². The lowest BCUT2D eigenvalue weighted by atomic mass is 9.85. The van der Waals surface area contributed by atoms with E-state index in [1.54, 1.807) is 16.2 Å². The van der Waals surface area contributed by atoms with E-state index < -0.39 is 0 Å². The Balaban J connectivity index is 1.21. The summed E-state index contributed by atoms with van der Waals surface area (Å²) in [6, 6.07) is 12.1. The maximum absolute atomic E-state index is 13.5. The third-order valence-corrected chi connectivity index (χ3v) is 9.33. The topological polar surface area (TPSA) is 86.7 Å². The number of aromatic nitrogens is 1. The quantitative estimate of drug-likeness (QED) is 0.421. The summed E-state index contributed by atoms with van der Waals surface area (Å²) in [6.07, 6.45) is 5.13. The Bertz CT molecular complexity index is 1350. The number of likely N-dealkylation sites (tertiary alicyclic amines) is 1. The van der Waals surface area contributed by atoms with Crippen LogP contribution < -0.4 is 15.5 Å². The zero-order valence-corrected chi connectivity index (χ0v) is 24.6. The number of nitrogens with one attached hydrogen (secondary N) is 2. The average molecular weight is 564 g/mol. The van der Waals surface area contributed by atoms with E-state index in [2.05, 4.69) is 22.6 Å². The molecule has 1 saturated carbocycles. The second-order valence-corrected chi connectivity index (χ2v) is 12.3. The summed E-state index contributed by atoms with van der Waals surface area (Å²) in [7, 11) is 2.12. The van der Waals surface area contributed by atoms with Crippen LogP contribution >= 0.6 is 11.3 Å². The number of rotatable bonds is 8. The number of fused-ring (bicyclic) bond motifs is 1. The zero-order valence-electron chi connectivity index (χ0n) is 23.8. The molecular formula is C31H41N5O3S. The Hall–Kier alpha value is -3.17. The molecular weight excluding hydrogens is 522 g/mol. The normalized spacial score (nSPS) is 20.4. The summed E-state index contributed by atoms with van der Waals surface area (Å²) in [5, 5.41) is 8.47. The van der Waals surface area contributed by atoms with Crippen LogP contribution in [0.25, 0.3) is 10.2 Å². The van der Waals surface area contributed by atoms with Crippen LogP contribution in [0, 0.1) is 12.8 Å². The molecule has 214 valence electrons. The van der Waals surface area contributed by atoms with E-state index in [-0.39, 0.29) is 42.3 Å². The van der Waals surface area contributed by atoms with Crippen molar-refractivity contribution in [3.05, 3.63) is 53.0 Å². The predicted molar refractivity (Wildman–Crippen MR) is 161 cm³/mol. The number of carbonyl (C=O) groups excluding carboxylic acids is 3. The molecule has 3 aromatic rings. The summed E-state index contributed by atoms with van der Waals surface area (Å²) in [6.45, 7) is 6.67. The first-order valence-electron chi connectivity index (χ1n) is 14.6. The average Bonchev–Trinajstić information content (AvgIpc) is 3.53. The lowest BCUT2D eigenvalue weighted by Crippen LogP contribution is -2.47. The van der Waals surface area contributed by atoms with E-state index >= 15 is 0 Å². The second-order valence-electron chi connectivity index (χ2n) is 11.4. The van der Waals surface area contributed by atoms with Crippen molar-refractivity contribution in [1.82, 2.24) is 20.1 Å². The number of hydrogen-bond donors (Lipinski definition) is 2. The fourth-order valence-corrected chi connectivity index (χ4v) is 6.91. The highest BCUT2D eigenvalue weighted by Crippen LogP contribution is 2.28. The van der Waals surface area contributed by atoms with Crippen LogP contribution in [0.2, 0.25) is 0 Å². The van der Waals surface area contributed by atoms with Gasteiger partial charge in [0.2, 0.25) is 11.8 Å². The molecule has 2 aromatic heterocycles. The maximum Gasteiger partial charge on any atom is 0.268 e. The molecule has 1 aliphatic carbocycles. The van der Waals surface area contributed by atoms with E-state index in [0.717, 1.165) is 73.1 Å². The minimum Gasteiger partial charge on any atom is -0.353 e. The standard InChI is InChI=1S/C31H41N5O3S/c1-4-35(25-7-5-6-21(2)18-25)29(37)20-36-26-14-17-40-28(26)19-27(36)31(39)33-23-10-8-22(9-11-23)30(38)32-24-12-15-34(3)16-13-24/h5-7,14,17-19,22-24H,4,8-13,15-16,20H2,1-3H3,(H,32,38)(H,33,39)/t22-,23-. The number of anilines is 1. The molecule has 2 N–H and O–H groups in total. The molecule has 2 aliphatic rings. The maximum atomic E-state index is 13.5.